The SMILES string of the molecule is O=C1c2ccc(Cl)cc2C(=O)N1CN1C(=O)c2ccc(Cl)cc2C1=O. The Morgan fingerprint density at radius 3 is 1.36 bits per heavy atom. The average Bonchev–Trinajstić information content (AvgIpc) is 2.95. The van der Waals surface area contributed by atoms with Crippen LogP contribution in [0, 0.1) is 0 Å². The van der Waals surface area contributed by atoms with Gasteiger partial charge in [-0.1, -0.05) is 23.2 Å². The fourth-order valence-corrected chi connectivity index (χ4v) is 3.27. The third kappa shape index (κ3) is 2.26. The second-order valence-corrected chi connectivity index (χ2v) is 6.47. The van der Waals surface area contributed by atoms with Gasteiger partial charge in [-0.2, -0.15) is 0 Å². The van der Waals surface area contributed by atoms with Gasteiger partial charge in [-0.25, -0.2) is 0 Å². The van der Waals surface area contributed by atoms with E-state index in [-0.39, 0.29) is 22.3 Å². The summed E-state index contributed by atoms with van der Waals surface area (Å²) in [6, 6.07) is 8.66. The summed E-state index contributed by atoms with van der Waals surface area (Å²) in [6.07, 6.45) is 0. The second-order valence-electron chi connectivity index (χ2n) is 5.60. The van der Waals surface area contributed by atoms with Crippen molar-refractivity contribution < 1.29 is 19.2 Å². The van der Waals surface area contributed by atoms with Crippen molar-refractivity contribution in [3.63, 3.8) is 0 Å². The lowest BCUT2D eigenvalue weighted by Gasteiger charge is -2.20. The lowest BCUT2D eigenvalue weighted by atomic mass is 10.1. The van der Waals surface area contributed by atoms with Gasteiger partial charge in [-0.15, -0.1) is 0 Å². The van der Waals surface area contributed by atoms with Crippen molar-refractivity contribution in [3.8, 4) is 0 Å². The van der Waals surface area contributed by atoms with Gasteiger partial charge in [0.1, 0.15) is 6.67 Å². The molecule has 2 aromatic rings. The van der Waals surface area contributed by atoms with E-state index in [2.05, 4.69) is 0 Å². The van der Waals surface area contributed by atoms with Gasteiger partial charge in [0, 0.05) is 10.0 Å². The Kier molecular flexibility index (Phi) is 3.42. The smallest absolute Gasteiger partial charge is 0.263 e. The highest BCUT2D eigenvalue weighted by Crippen LogP contribution is 2.29. The maximum atomic E-state index is 12.5. The van der Waals surface area contributed by atoms with E-state index in [9.17, 15) is 19.2 Å². The summed E-state index contributed by atoms with van der Waals surface area (Å²) < 4.78 is 0. The Morgan fingerprint density at radius 2 is 0.960 bits per heavy atom. The van der Waals surface area contributed by atoms with Crippen LogP contribution in [0.3, 0.4) is 0 Å². The van der Waals surface area contributed by atoms with E-state index in [1.807, 2.05) is 0 Å². The van der Waals surface area contributed by atoms with E-state index < -0.39 is 30.3 Å². The van der Waals surface area contributed by atoms with Crippen LogP contribution in [0.5, 0.6) is 0 Å². The molecule has 2 aliphatic rings. The minimum atomic E-state index is -0.600. The van der Waals surface area contributed by atoms with Gasteiger partial charge in [0.05, 0.1) is 22.3 Å². The number of fused-ring (bicyclic) bond motifs is 2. The fraction of sp³-hybridized carbons (Fsp3) is 0.0588. The number of nitrogens with zero attached hydrogens (tertiary/aromatic N) is 2. The highest BCUT2D eigenvalue weighted by molar-refractivity contribution is 6.33. The van der Waals surface area contributed by atoms with Crippen molar-refractivity contribution in [2.75, 3.05) is 6.67 Å². The average molecular weight is 375 g/mol. The monoisotopic (exact) mass is 374 g/mol. The van der Waals surface area contributed by atoms with Crippen LogP contribution < -0.4 is 0 Å². The maximum absolute atomic E-state index is 12.5. The summed E-state index contributed by atoms with van der Waals surface area (Å²) in [4.78, 5) is 51.5. The quantitative estimate of drug-likeness (QED) is 0.757. The van der Waals surface area contributed by atoms with Crippen molar-refractivity contribution in [3.05, 3.63) is 68.7 Å². The van der Waals surface area contributed by atoms with Crippen molar-refractivity contribution in [2.24, 2.45) is 0 Å². The molecule has 0 N–H and O–H groups in total. The van der Waals surface area contributed by atoms with Gasteiger partial charge in [-0.3, -0.25) is 29.0 Å². The molecule has 2 heterocycles. The number of halogens is 2. The molecule has 124 valence electrons. The van der Waals surface area contributed by atoms with Crippen LogP contribution in [0.15, 0.2) is 36.4 Å². The van der Waals surface area contributed by atoms with Gasteiger partial charge >= 0.3 is 0 Å². The number of imide groups is 2. The number of carbonyl (C=O) groups excluding carboxylic acids is 4. The molecular weight excluding hydrogens is 367 g/mol. The van der Waals surface area contributed by atoms with Crippen LogP contribution in [0.4, 0.5) is 0 Å². The third-order valence-electron chi connectivity index (χ3n) is 4.15. The molecule has 6 nitrogen and oxygen atoms in total. The van der Waals surface area contributed by atoms with Gasteiger partial charge in [-0.05, 0) is 36.4 Å². The van der Waals surface area contributed by atoms with E-state index in [0.717, 1.165) is 9.80 Å². The van der Waals surface area contributed by atoms with E-state index in [1.54, 1.807) is 0 Å². The summed E-state index contributed by atoms with van der Waals surface area (Å²) in [7, 11) is 0. The molecule has 4 amide bonds. The molecule has 2 aliphatic heterocycles. The number of carbonyl (C=O) groups is 4. The minimum Gasteiger partial charge on any atom is -0.269 e. The summed E-state index contributed by atoms with van der Waals surface area (Å²) in [6.45, 7) is -0.464. The first-order chi connectivity index (χ1) is 11.9. The van der Waals surface area contributed by atoms with E-state index in [1.165, 1.54) is 36.4 Å². The molecule has 25 heavy (non-hydrogen) atoms. The minimum absolute atomic E-state index is 0.150. The normalized spacial score (nSPS) is 15.9. The van der Waals surface area contributed by atoms with Crippen molar-refractivity contribution in [1.82, 2.24) is 9.80 Å². The van der Waals surface area contributed by atoms with Gasteiger partial charge in [0.15, 0.2) is 0 Å². The summed E-state index contributed by atoms with van der Waals surface area (Å²) in [5.74, 6) is -2.35. The highest BCUT2D eigenvalue weighted by Gasteiger charge is 2.42. The second kappa shape index (κ2) is 5.40. The first-order valence-electron chi connectivity index (χ1n) is 7.20. The van der Waals surface area contributed by atoms with Crippen molar-refractivity contribution >= 4 is 46.8 Å². The van der Waals surface area contributed by atoms with Crippen molar-refractivity contribution in [1.29, 1.82) is 0 Å². The zero-order chi connectivity index (χ0) is 17.9. The van der Waals surface area contributed by atoms with Gasteiger partial charge in [0.2, 0.25) is 0 Å². The molecule has 0 aromatic heterocycles. The van der Waals surface area contributed by atoms with Crippen LogP contribution in [0.1, 0.15) is 41.4 Å². The first-order valence-corrected chi connectivity index (χ1v) is 7.95. The molecule has 2 aromatic carbocycles. The van der Waals surface area contributed by atoms with Crippen LogP contribution in [-0.4, -0.2) is 40.1 Å². The molecule has 0 unspecified atom stereocenters. The topological polar surface area (TPSA) is 74.8 Å². The Hall–Kier alpha value is -2.70. The first kappa shape index (κ1) is 15.8. The number of hydrogen-bond acceptors (Lipinski definition) is 4. The molecule has 0 spiro atoms. The molecular formula is C17H8Cl2N2O4. The van der Waals surface area contributed by atoms with Gasteiger partial charge < -0.3 is 0 Å². The number of rotatable bonds is 2. The number of hydrogen-bond donors (Lipinski definition) is 0. The fourth-order valence-electron chi connectivity index (χ4n) is 2.92. The van der Waals surface area contributed by atoms with Crippen molar-refractivity contribution in [2.45, 2.75) is 0 Å². The summed E-state index contributed by atoms with van der Waals surface area (Å²) in [5.41, 5.74) is 0.678. The van der Waals surface area contributed by atoms with E-state index in [4.69, 9.17) is 23.2 Å². The lowest BCUT2D eigenvalue weighted by Crippen LogP contribution is -2.43. The molecule has 0 saturated carbocycles. The largest absolute Gasteiger partial charge is 0.269 e. The molecule has 8 heteroatoms. The Balaban J connectivity index is 1.66. The standard InChI is InChI=1S/C17H8Cl2N2O4/c18-8-1-3-10-12(5-8)16(24)20(14(10)22)7-21-15(23)11-4-2-9(19)6-13(11)17(21)25/h1-6H,7H2. The molecule has 0 fully saturated rings. The molecule has 0 radical (unpaired) electrons. The van der Waals surface area contributed by atoms with Crippen LogP contribution in [0.25, 0.3) is 0 Å². The number of benzene rings is 2. The lowest BCUT2D eigenvalue weighted by molar-refractivity contribution is 0.0471. The Bertz CT molecular complexity index is 923. The van der Waals surface area contributed by atoms with E-state index in [0.29, 0.717) is 10.0 Å². The molecule has 0 aliphatic carbocycles. The van der Waals surface area contributed by atoms with Crippen LogP contribution in [-0.2, 0) is 0 Å². The zero-order valence-electron chi connectivity index (χ0n) is 12.5. The highest BCUT2D eigenvalue weighted by atomic mass is 35.5. The summed E-state index contributed by atoms with van der Waals surface area (Å²) in [5, 5.41) is 0.634. The third-order valence-corrected chi connectivity index (χ3v) is 4.62. The molecule has 0 atom stereocenters. The maximum Gasteiger partial charge on any atom is 0.263 e. The number of amides is 4. The Morgan fingerprint density at radius 1 is 0.600 bits per heavy atom. The van der Waals surface area contributed by atoms with E-state index >= 15 is 0 Å². The molecule has 4 rings (SSSR count). The molecule has 0 bridgehead atoms. The predicted molar refractivity (Wildman–Crippen MR) is 88.8 cm³/mol. The Labute approximate surface area is 151 Å². The van der Waals surface area contributed by atoms with Crippen LogP contribution >= 0.6 is 23.2 Å². The summed E-state index contributed by atoms with van der Waals surface area (Å²) >= 11 is 11.7. The van der Waals surface area contributed by atoms with Crippen LogP contribution in [0.2, 0.25) is 10.0 Å². The zero-order valence-corrected chi connectivity index (χ0v) is 14.0. The molecule has 0 saturated heterocycles. The predicted octanol–water partition coefficient (Wildman–Crippen LogP) is 2.84. The van der Waals surface area contributed by atoms with Gasteiger partial charge in [0.25, 0.3) is 23.6 Å².